The molecule has 0 radical (unpaired) electrons. The van der Waals surface area contributed by atoms with Crippen molar-refractivity contribution in [3.63, 3.8) is 0 Å². The Morgan fingerprint density at radius 3 is 2.02 bits per heavy atom. The highest BCUT2D eigenvalue weighted by Gasteiger charge is 2.37. The van der Waals surface area contributed by atoms with Crippen molar-refractivity contribution in [1.29, 1.82) is 0 Å². The molecule has 3 aromatic rings. The number of sulfonamides is 1. The lowest BCUT2D eigenvalue weighted by molar-refractivity contribution is 0.0609. The van der Waals surface area contributed by atoms with E-state index in [0.29, 0.717) is 11.3 Å². The molecule has 3 rings (SSSR count). The third kappa shape index (κ3) is 9.14. The van der Waals surface area contributed by atoms with Crippen LogP contribution in [0, 0.1) is 6.92 Å². The van der Waals surface area contributed by atoms with Crippen molar-refractivity contribution in [3.8, 4) is 5.75 Å². The van der Waals surface area contributed by atoms with E-state index in [-0.39, 0.29) is 17.2 Å². The van der Waals surface area contributed by atoms with Crippen LogP contribution >= 0.6 is 0 Å². The van der Waals surface area contributed by atoms with Gasteiger partial charge in [0.25, 0.3) is 10.1 Å². The van der Waals surface area contributed by atoms with Gasteiger partial charge in [0.05, 0.1) is 22.9 Å². The third-order valence-electron chi connectivity index (χ3n) is 7.19. The molecule has 0 fully saturated rings. The van der Waals surface area contributed by atoms with Gasteiger partial charge in [-0.25, -0.2) is 8.42 Å². The van der Waals surface area contributed by atoms with Gasteiger partial charge in [-0.15, -0.1) is 0 Å². The Bertz CT molecular complexity index is 1480. The maximum atomic E-state index is 13.2. The van der Waals surface area contributed by atoms with Crippen molar-refractivity contribution >= 4 is 34.1 Å². The lowest BCUT2D eigenvalue weighted by atomic mass is 10.0. The number of nitrogens with one attached hydrogen (secondary N) is 1. The molecule has 41 heavy (non-hydrogen) atoms. The van der Waals surface area contributed by atoms with Crippen LogP contribution in [0.5, 0.6) is 5.75 Å². The van der Waals surface area contributed by atoms with Crippen molar-refractivity contribution in [2.75, 3.05) is 11.0 Å². The van der Waals surface area contributed by atoms with E-state index in [2.05, 4.69) is 25.5 Å². The fraction of sp³-hybridized carbons (Fsp3) is 0.400. The highest BCUT2D eigenvalue weighted by Crippen LogP contribution is 2.37. The van der Waals surface area contributed by atoms with Gasteiger partial charge >= 0.3 is 0 Å². The van der Waals surface area contributed by atoms with E-state index in [1.54, 1.807) is 37.3 Å². The largest absolute Gasteiger partial charge is 0.487 e. The van der Waals surface area contributed by atoms with Crippen LogP contribution in [0.15, 0.2) is 77.7 Å². The van der Waals surface area contributed by atoms with Gasteiger partial charge in [0.2, 0.25) is 10.0 Å². The lowest BCUT2D eigenvalue weighted by Crippen LogP contribution is -2.40. The average molecular weight is 620 g/mol. The first-order valence-electron chi connectivity index (χ1n) is 13.8. The Labute approximate surface area is 246 Å². The quantitative estimate of drug-likeness (QED) is 0.147. The summed E-state index contributed by atoms with van der Waals surface area (Å²) in [7, 11) is -10.0. The smallest absolute Gasteiger partial charge is 0.297 e. The first-order valence-corrected chi connectivity index (χ1v) is 19.6. The minimum absolute atomic E-state index is 0.0581. The molecule has 0 heterocycles. The molecule has 0 saturated carbocycles. The molecule has 3 aromatic carbocycles. The SMILES string of the molecule is CC[Si](CC)(CC)O[C@H](c1ccc(OCc2ccccc2)c(NS(C)(=O)=O)c1)[C@@H](C)OS(=O)(=O)c1ccc(C)cc1. The predicted molar refractivity (Wildman–Crippen MR) is 166 cm³/mol. The van der Waals surface area contributed by atoms with E-state index in [9.17, 15) is 16.8 Å². The normalized spacial score (nSPS) is 13.9. The molecule has 0 bridgehead atoms. The molecular weight excluding hydrogens is 579 g/mol. The van der Waals surface area contributed by atoms with Crippen LogP contribution in [0.2, 0.25) is 18.1 Å². The van der Waals surface area contributed by atoms with Crippen LogP contribution in [0.25, 0.3) is 0 Å². The number of hydrogen-bond donors (Lipinski definition) is 1. The van der Waals surface area contributed by atoms with Gasteiger partial charge in [-0.1, -0.05) is 74.9 Å². The Kier molecular flexibility index (Phi) is 11.2. The number of hydrogen-bond acceptors (Lipinski definition) is 7. The summed E-state index contributed by atoms with van der Waals surface area (Å²) < 4.78 is 72.1. The van der Waals surface area contributed by atoms with Crippen LogP contribution in [-0.4, -0.2) is 37.5 Å². The zero-order valence-corrected chi connectivity index (χ0v) is 27.2. The number of rotatable bonds is 15. The highest BCUT2D eigenvalue weighted by molar-refractivity contribution is 7.92. The van der Waals surface area contributed by atoms with E-state index in [4.69, 9.17) is 13.3 Å². The first-order chi connectivity index (χ1) is 19.3. The fourth-order valence-electron chi connectivity index (χ4n) is 4.58. The molecule has 8 nitrogen and oxygen atoms in total. The molecular formula is C30H41NO7S2Si. The Morgan fingerprint density at radius 2 is 1.46 bits per heavy atom. The summed E-state index contributed by atoms with van der Waals surface area (Å²) in [5.41, 5.74) is 2.68. The zero-order chi connectivity index (χ0) is 30.3. The third-order valence-corrected chi connectivity index (χ3v) is 13.8. The van der Waals surface area contributed by atoms with E-state index in [1.807, 2.05) is 37.3 Å². The fourth-order valence-corrected chi connectivity index (χ4v) is 9.09. The maximum Gasteiger partial charge on any atom is 0.297 e. The Balaban J connectivity index is 2.03. The zero-order valence-electron chi connectivity index (χ0n) is 24.6. The number of ether oxygens (including phenoxy) is 1. The van der Waals surface area contributed by atoms with Gasteiger partial charge in [-0.3, -0.25) is 8.91 Å². The molecule has 2 atom stereocenters. The standard InChI is InChI=1S/C30H41NO7S2Si/c1-7-41(8-2,9-3)38-30(24(5)37-40(34,35)27-18-15-23(4)16-19-27)26-17-20-29(28(21-26)31-39(6,32)33)36-22-25-13-11-10-12-14-25/h10-21,24,30-31H,7-9,22H2,1-6H3/t24-,30+/m1/s1. The second-order valence-electron chi connectivity index (χ2n) is 10.3. The topological polar surface area (TPSA) is 108 Å². The van der Waals surface area contributed by atoms with E-state index >= 15 is 0 Å². The van der Waals surface area contributed by atoms with Crippen LogP contribution in [0.3, 0.4) is 0 Å². The summed E-state index contributed by atoms with van der Waals surface area (Å²) >= 11 is 0. The van der Waals surface area contributed by atoms with E-state index in [1.165, 1.54) is 12.1 Å². The Hall–Kier alpha value is -2.70. The number of benzene rings is 3. The second kappa shape index (κ2) is 14.0. The average Bonchev–Trinajstić information content (AvgIpc) is 2.93. The van der Waals surface area contributed by atoms with Crippen molar-refractivity contribution in [1.82, 2.24) is 0 Å². The molecule has 0 unspecified atom stereocenters. The predicted octanol–water partition coefficient (Wildman–Crippen LogP) is 6.80. The summed E-state index contributed by atoms with van der Waals surface area (Å²) in [5.74, 6) is 0.340. The maximum absolute atomic E-state index is 13.2. The van der Waals surface area contributed by atoms with Crippen LogP contribution in [0.1, 0.15) is 50.5 Å². The van der Waals surface area contributed by atoms with Crippen molar-refractivity contribution in [2.45, 2.75) is 76.5 Å². The molecule has 0 aliphatic rings. The van der Waals surface area contributed by atoms with Crippen molar-refractivity contribution in [3.05, 3.63) is 89.5 Å². The number of anilines is 1. The summed E-state index contributed by atoms with van der Waals surface area (Å²) in [6.07, 6.45) is -0.609. The highest BCUT2D eigenvalue weighted by atomic mass is 32.2. The van der Waals surface area contributed by atoms with Gasteiger partial charge in [0.15, 0.2) is 8.32 Å². The molecule has 224 valence electrons. The molecule has 0 spiro atoms. The first kappa shape index (κ1) is 32.8. The lowest BCUT2D eigenvalue weighted by Gasteiger charge is -2.36. The van der Waals surface area contributed by atoms with Crippen LogP contribution in [0.4, 0.5) is 5.69 Å². The second-order valence-corrected chi connectivity index (χ2v) is 18.3. The van der Waals surface area contributed by atoms with Crippen molar-refractivity contribution in [2.24, 2.45) is 0 Å². The number of aryl methyl sites for hydroxylation is 1. The van der Waals surface area contributed by atoms with E-state index in [0.717, 1.165) is 35.5 Å². The molecule has 0 aliphatic heterocycles. The molecule has 0 aromatic heterocycles. The van der Waals surface area contributed by atoms with Crippen LogP contribution < -0.4 is 9.46 Å². The molecule has 0 saturated heterocycles. The van der Waals surface area contributed by atoms with Gasteiger partial charge < -0.3 is 9.16 Å². The van der Waals surface area contributed by atoms with Gasteiger partial charge in [-0.2, -0.15) is 8.42 Å². The summed E-state index contributed by atoms with van der Waals surface area (Å²) in [4.78, 5) is 0.0581. The van der Waals surface area contributed by atoms with Gasteiger partial charge in [0, 0.05) is 0 Å². The van der Waals surface area contributed by atoms with Gasteiger partial charge in [0.1, 0.15) is 18.5 Å². The minimum Gasteiger partial charge on any atom is -0.487 e. The van der Waals surface area contributed by atoms with Gasteiger partial charge in [-0.05, 0) is 67.4 Å². The molecule has 0 amide bonds. The summed E-state index contributed by atoms with van der Waals surface area (Å²) in [6.45, 7) is 10.0. The molecule has 1 N–H and O–H groups in total. The van der Waals surface area contributed by atoms with Crippen molar-refractivity contribution < 1.29 is 30.2 Å². The summed E-state index contributed by atoms with van der Waals surface area (Å²) in [5, 5.41) is 0. The monoisotopic (exact) mass is 619 g/mol. The summed E-state index contributed by atoms with van der Waals surface area (Å²) in [6, 6.07) is 23.6. The molecule has 11 heteroatoms. The Morgan fingerprint density at radius 1 is 0.854 bits per heavy atom. The van der Waals surface area contributed by atoms with Crippen LogP contribution in [-0.2, 0) is 35.4 Å². The van der Waals surface area contributed by atoms with E-state index < -0.39 is 40.7 Å². The minimum atomic E-state index is -4.09. The molecule has 0 aliphatic carbocycles.